The summed E-state index contributed by atoms with van der Waals surface area (Å²) in [6.45, 7) is 3.04. The van der Waals surface area contributed by atoms with Crippen LogP contribution in [0.4, 0.5) is 13.2 Å². The number of pyridine rings is 1. The van der Waals surface area contributed by atoms with Gasteiger partial charge in [-0.2, -0.15) is 13.2 Å². The van der Waals surface area contributed by atoms with Gasteiger partial charge in [0.15, 0.2) is 0 Å². The van der Waals surface area contributed by atoms with Gasteiger partial charge < -0.3 is 15.4 Å². The number of benzene rings is 1. The van der Waals surface area contributed by atoms with E-state index in [4.69, 9.17) is 4.74 Å². The molecule has 0 saturated heterocycles. The molecule has 0 unspecified atom stereocenters. The third-order valence-corrected chi connectivity index (χ3v) is 3.71. The summed E-state index contributed by atoms with van der Waals surface area (Å²) in [5.74, 6) is 0.0726. The second-order valence-electron chi connectivity index (χ2n) is 6.16. The van der Waals surface area contributed by atoms with E-state index in [-0.39, 0.29) is 6.54 Å². The lowest BCUT2D eigenvalue weighted by Crippen LogP contribution is -2.39. The van der Waals surface area contributed by atoms with E-state index in [0.29, 0.717) is 13.2 Å². The molecule has 5 nitrogen and oxygen atoms in total. The minimum atomic E-state index is -4.41. The highest BCUT2D eigenvalue weighted by Gasteiger charge is 2.27. The van der Waals surface area contributed by atoms with Crippen LogP contribution in [0.15, 0.2) is 36.5 Å². The van der Waals surface area contributed by atoms with Gasteiger partial charge in [0.2, 0.25) is 5.91 Å². The number of nitrogens with zero attached hydrogens (tertiary/aromatic N) is 1. The molecule has 2 rings (SSSR count). The maximum absolute atomic E-state index is 12.1. The number of amides is 1. The third-order valence-electron chi connectivity index (χ3n) is 3.71. The zero-order valence-corrected chi connectivity index (χ0v) is 15.2. The minimum Gasteiger partial charge on any atom is -0.487 e. The van der Waals surface area contributed by atoms with E-state index in [2.05, 4.69) is 10.3 Å². The van der Waals surface area contributed by atoms with Gasteiger partial charge in [-0.05, 0) is 42.7 Å². The van der Waals surface area contributed by atoms with E-state index in [1.54, 1.807) is 6.20 Å². The number of aryl methyl sites for hydroxylation is 2. The molecule has 0 radical (unpaired) electrons. The predicted molar refractivity (Wildman–Crippen MR) is 95.3 cm³/mol. The van der Waals surface area contributed by atoms with E-state index >= 15 is 0 Å². The maximum atomic E-state index is 12.1. The van der Waals surface area contributed by atoms with Crippen molar-refractivity contribution in [3.63, 3.8) is 0 Å². The lowest BCUT2D eigenvalue weighted by atomic mass is 10.1. The molecule has 0 bridgehead atoms. The van der Waals surface area contributed by atoms with Gasteiger partial charge in [-0.3, -0.25) is 9.78 Å². The molecule has 1 aromatic heterocycles. The van der Waals surface area contributed by atoms with Crippen LogP contribution in [0.2, 0.25) is 0 Å². The van der Waals surface area contributed by atoms with Crippen LogP contribution in [0.3, 0.4) is 0 Å². The fraction of sp³-hybridized carbons (Fsp3) is 0.368. The molecule has 1 aromatic carbocycles. The van der Waals surface area contributed by atoms with Crippen molar-refractivity contribution in [3.8, 4) is 5.75 Å². The summed E-state index contributed by atoms with van der Waals surface area (Å²) in [5, 5.41) is 4.66. The molecule has 0 saturated carbocycles. The van der Waals surface area contributed by atoms with Crippen molar-refractivity contribution in [1.82, 2.24) is 15.6 Å². The average molecular weight is 381 g/mol. The number of aromatic nitrogens is 1. The molecular weight excluding hydrogens is 359 g/mol. The minimum absolute atomic E-state index is 0.188. The number of carbonyl (C=O) groups excluding carboxylic acids is 1. The SMILES string of the molecule is Cc1cc(CNCC(=O)NCC(F)(F)F)cc(C)c1OCc1ccccn1. The van der Waals surface area contributed by atoms with Gasteiger partial charge in [0.05, 0.1) is 12.2 Å². The monoisotopic (exact) mass is 381 g/mol. The largest absolute Gasteiger partial charge is 0.487 e. The predicted octanol–water partition coefficient (Wildman–Crippen LogP) is 3.05. The Balaban J connectivity index is 1.85. The van der Waals surface area contributed by atoms with Crippen LogP contribution in [0.25, 0.3) is 0 Å². The van der Waals surface area contributed by atoms with Gasteiger partial charge in [-0.15, -0.1) is 0 Å². The van der Waals surface area contributed by atoms with E-state index in [1.807, 2.05) is 49.5 Å². The highest BCUT2D eigenvalue weighted by molar-refractivity contribution is 5.78. The Hall–Kier alpha value is -2.61. The lowest BCUT2D eigenvalue weighted by molar-refractivity contribution is -0.137. The molecule has 8 heteroatoms. The van der Waals surface area contributed by atoms with Crippen LogP contribution in [-0.2, 0) is 17.9 Å². The summed E-state index contributed by atoms with van der Waals surface area (Å²) < 4.78 is 42.0. The second kappa shape index (κ2) is 9.36. The Bertz CT molecular complexity index is 742. The molecule has 2 N–H and O–H groups in total. The number of halogens is 3. The molecule has 1 amide bonds. The number of nitrogens with one attached hydrogen (secondary N) is 2. The molecule has 0 aliphatic rings. The van der Waals surface area contributed by atoms with Crippen LogP contribution in [-0.4, -0.2) is 30.2 Å². The molecule has 27 heavy (non-hydrogen) atoms. The quantitative estimate of drug-likeness (QED) is 0.738. The highest BCUT2D eigenvalue weighted by Crippen LogP contribution is 2.25. The fourth-order valence-corrected chi connectivity index (χ4v) is 2.58. The summed E-state index contributed by atoms with van der Waals surface area (Å²) >= 11 is 0. The topological polar surface area (TPSA) is 63.2 Å². The van der Waals surface area contributed by atoms with E-state index in [1.165, 1.54) is 0 Å². The first-order valence-electron chi connectivity index (χ1n) is 8.41. The standard InChI is InChI=1S/C19H22F3N3O2/c1-13-7-15(9-23-10-17(26)25-12-19(20,21)22)8-14(2)18(13)27-11-16-5-3-4-6-24-16/h3-8,23H,9-12H2,1-2H3,(H,25,26). The number of carbonyl (C=O) groups is 1. The molecule has 146 valence electrons. The van der Waals surface area contributed by atoms with Crippen molar-refractivity contribution in [2.45, 2.75) is 33.2 Å². The van der Waals surface area contributed by atoms with Crippen molar-refractivity contribution in [2.75, 3.05) is 13.1 Å². The Kier molecular flexibility index (Phi) is 7.18. The van der Waals surface area contributed by atoms with E-state index in [0.717, 1.165) is 28.1 Å². The van der Waals surface area contributed by atoms with Crippen molar-refractivity contribution < 1.29 is 22.7 Å². The van der Waals surface area contributed by atoms with Crippen LogP contribution in [0, 0.1) is 13.8 Å². The number of hydrogen-bond donors (Lipinski definition) is 2. The summed E-state index contributed by atoms with van der Waals surface area (Å²) in [4.78, 5) is 15.6. The van der Waals surface area contributed by atoms with Crippen molar-refractivity contribution in [2.24, 2.45) is 0 Å². The maximum Gasteiger partial charge on any atom is 0.405 e. The first-order valence-corrected chi connectivity index (χ1v) is 8.41. The molecule has 0 aliphatic heterocycles. The Morgan fingerprint density at radius 2 is 1.89 bits per heavy atom. The van der Waals surface area contributed by atoms with Gasteiger partial charge >= 0.3 is 6.18 Å². The van der Waals surface area contributed by atoms with Gasteiger partial charge in [-0.1, -0.05) is 18.2 Å². The van der Waals surface area contributed by atoms with Crippen LogP contribution in [0.1, 0.15) is 22.4 Å². The summed E-state index contributed by atoms with van der Waals surface area (Å²) in [6, 6.07) is 9.45. The summed E-state index contributed by atoms with van der Waals surface area (Å²) in [6.07, 6.45) is -2.70. The van der Waals surface area contributed by atoms with Crippen molar-refractivity contribution in [1.29, 1.82) is 0 Å². The van der Waals surface area contributed by atoms with Gasteiger partial charge in [0, 0.05) is 12.7 Å². The first-order chi connectivity index (χ1) is 12.7. The van der Waals surface area contributed by atoms with Crippen LogP contribution >= 0.6 is 0 Å². The highest BCUT2D eigenvalue weighted by atomic mass is 19.4. The zero-order chi connectivity index (χ0) is 19.9. The van der Waals surface area contributed by atoms with E-state index < -0.39 is 18.6 Å². The first kappa shape index (κ1) is 20.7. The molecule has 0 aliphatic carbocycles. The Morgan fingerprint density at radius 3 is 2.48 bits per heavy atom. The molecule has 0 fully saturated rings. The van der Waals surface area contributed by atoms with Crippen LogP contribution < -0.4 is 15.4 Å². The van der Waals surface area contributed by atoms with Gasteiger partial charge in [0.25, 0.3) is 0 Å². The fourth-order valence-electron chi connectivity index (χ4n) is 2.58. The third kappa shape index (κ3) is 7.26. The summed E-state index contributed by atoms with van der Waals surface area (Å²) in [5.41, 5.74) is 3.61. The Labute approximate surface area is 155 Å². The normalized spacial score (nSPS) is 11.3. The Morgan fingerprint density at radius 1 is 1.19 bits per heavy atom. The number of rotatable bonds is 8. The molecule has 1 heterocycles. The van der Waals surface area contributed by atoms with E-state index in [9.17, 15) is 18.0 Å². The van der Waals surface area contributed by atoms with Crippen molar-refractivity contribution in [3.05, 3.63) is 58.9 Å². The second-order valence-corrected chi connectivity index (χ2v) is 6.16. The van der Waals surface area contributed by atoms with Crippen LogP contribution in [0.5, 0.6) is 5.75 Å². The molecule has 0 atom stereocenters. The number of ether oxygens (including phenoxy) is 1. The molecule has 0 spiro atoms. The smallest absolute Gasteiger partial charge is 0.405 e. The number of alkyl halides is 3. The summed E-state index contributed by atoms with van der Waals surface area (Å²) in [7, 11) is 0. The van der Waals surface area contributed by atoms with Gasteiger partial charge in [0.1, 0.15) is 18.9 Å². The molecular formula is C19H22F3N3O2. The zero-order valence-electron chi connectivity index (χ0n) is 15.2. The molecule has 2 aromatic rings. The van der Waals surface area contributed by atoms with Crippen molar-refractivity contribution >= 4 is 5.91 Å². The number of hydrogen-bond acceptors (Lipinski definition) is 4. The lowest BCUT2D eigenvalue weighted by Gasteiger charge is -2.14. The van der Waals surface area contributed by atoms with Gasteiger partial charge in [-0.25, -0.2) is 0 Å². The average Bonchev–Trinajstić information content (AvgIpc) is 2.59.